The van der Waals surface area contributed by atoms with E-state index in [0.717, 1.165) is 0 Å². The van der Waals surface area contributed by atoms with Crippen molar-refractivity contribution in [3.8, 4) is 0 Å². The first-order valence-electron chi connectivity index (χ1n) is 13.1. The van der Waals surface area contributed by atoms with Gasteiger partial charge in [-0.15, -0.1) is 0 Å². The zero-order chi connectivity index (χ0) is 31.8. The number of nitrogens with two attached hydrogens (primary N) is 4. The van der Waals surface area contributed by atoms with Gasteiger partial charge in [0, 0.05) is 0 Å². The Morgan fingerprint density at radius 3 is 2.22 bits per heavy atom. The molecule has 0 aliphatic carbocycles. The molecular formula is C20H26N12O9P2S2. The Morgan fingerprint density at radius 1 is 0.933 bits per heavy atom. The molecule has 25 heteroatoms. The topological polar surface area (TPSA) is 304 Å². The molecular weight excluding hydrogens is 678 g/mol. The van der Waals surface area contributed by atoms with E-state index in [4.69, 9.17) is 62.3 Å². The average molecular weight is 705 g/mol. The van der Waals surface area contributed by atoms with Crippen molar-refractivity contribution in [3.05, 3.63) is 29.3 Å². The van der Waals surface area contributed by atoms with Crippen molar-refractivity contribution >= 4 is 71.7 Å². The third-order valence-electron chi connectivity index (χ3n) is 7.48. The van der Waals surface area contributed by atoms with Crippen molar-refractivity contribution in [3.63, 3.8) is 0 Å². The van der Waals surface area contributed by atoms with E-state index in [0.29, 0.717) is 11.2 Å². The zero-order valence-electron chi connectivity index (χ0n) is 22.7. The van der Waals surface area contributed by atoms with Gasteiger partial charge in [0.05, 0.1) is 38.0 Å². The van der Waals surface area contributed by atoms with E-state index < -0.39 is 81.2 Å². The summed E-state index contributed by atoms with van der Waals surface area (Å²) in [4.78, 5) is 46.3. The molecule has 45 heavy (non-hydrogen) atoms. The van der Waals surface area contributed by atoms with Gasteiger partial charge in [-0.05, 0) is 11.8 Å². The van der Waals surface area contributed by atoms with Crippen LogP contribution >= 0.6 is 25.8 Å². The van der Waals surface area contributed by atoms with E-state index in [-0.39, 0.29) is 22.9 Å². The largest absolute Gasteiger partial charge is 0.386 e. The van der Waals surface area contributed by atoms with E-state index >= 15 is 0 Å². The normalized spacial score (nSPS) is 37.7. The highest BCUT2D eigenvalue weighted by Crippen LogP contribution is 2.58. The van der Waals surface area contributed by atoms with Crippen LogP contribution in [0.4, 0.5) is 11.8 Å². The second kappa shape index (κ2) is 11.3. The molecule has 7 heterocycles. The van der Waals surface area contributed by atoms with Gasteiger partial charge in [-0.2, -0.15) is 4.98 Å². The van der Waals surface area contributed by atoms with Gasteiger partial charge in [0.1, 0.15) is 36.3 Å². The molecule has 7 rings (SSSR count). The summed E-state index contributed by atoms with van der Waals surface area (Å²) in [6.07, 6.45) is -2.55. The van der Waals surface area contributed by atoms with Gasteiger partial charge >= 0.3 is 13.5 Å². The number of nitrogens with zero attached hydrogens (tertiary/aromatic N) is 7. The Labute approximate surface area is 261 Å². The maximum Gasteiger partial charge on any atom is 0.386 e. The number of fused-ring (bicyclic) bond motifs is 4. The van der Waals surface area contributed by atoms with Gasteiger partial charge in [0.2, 0.25) is 5.95 Å². The Balaban J connectivity index is 1.17. The highest BCUT2D eigenvalue weighted by molar-refractivity contribution is 8.44. The van der Waals surface area contributed by atoms with Crippen LogP contribution in [0.5, 0.6) is 0 Å². The molecule has 3 fully saturated rings. The van der Waals surface area contributed by atoms with Gasteiger partial charge in [-0.3, -0.25) is 28.0 Å². The molecule has 242 valence electrons. The minimum atomic E-state index is -4.19. The third-order valence-corrected chi connectivity index (χ3v) is 10.7. The highest BCUT2D eigenvalue weighted by Gasteiger charge is 2.52. The van der Waals surface area contributed by atoms with Gasteiger partial charge < -0.3 is 46.3 Å². The second-order valence-electron chi connectivity index (χ2n) is 10.3. The van der Waals surface area contributed by atoms with Gasteiger partial charge in [-0.25, -0.2) is 24.5 Å². The fraction of sp³-hybridized carbons (Fsp3) is 0.500. The molecule has 4 aromatic rings. The number of hydrogen-bond acceptors (Lipinski definition) is 18. The maximum absolute atomic E-state index is 13.5. The molecule has 3 aliphatic rings. The van der Waals surface area contributed by atoms with Crippen molar-refractivity contribution in [2.24, 2.45) is 11.5 Å². The van der Waals surface area contributed by atoms with Crippen LogP contribution in [0.2, 0.25) is 0 Å². The number of anilines is 2. The number of H-pyrrole nitrogens is 1. The molecule has 3 saturated heterocycles. The molecule has 10 atom stereocenters. The smallest absolute Gasteiger partial charge is 0.382 e. The monoisotopic (exact) mass is 704 g/mol. The summed E-state index contributed by atoms with van der Waals surface area (Å²) in [6.45, 7) is -9.10. The van der Waals surface area contributed by atoms with Crippen LogP contribution in [0, 0.1) is 0 Å². The van der Waals surface area contributed by atoms with Crippen LogP contribution in [-0.4, -0.2) is 93.6 Å². The Morgan fingerprint density at radius 2 is 1.53 bits per heavy atom. The SMILES string of the molecule is Nc1nc2c(ncn2[C@@H]2O[C@@H]3COP(O)(=S)OC4[C@@H](COP(=O)(S)OC3[C@@H]2N)O[C@@H](n2cnc3c(N)ncnc32)[C@H]4N)c(=O)[nH]1. The molecule has 4 aromatic heterocycles. The summed E-state index contributed by atoms with van der Waals surface area (Å²) in [5.41, 5.74) is 24.8. The first-order chi connectivity index (χ1) is 21.3. The zero-order valence-corrected chi connectivity index (χ0v) is 26.2. The standard InChI is InChI=1S/C20H26N12O9P2S2/c21-8-12-6(38-18(8)31-4-27-10-14(23)25-3-26-15(10)31)1-36-43(35,45)41-13-7(2-37-42(34,44)40-12)39-19(9(13)22)32-5-28-11-16(32)29-20(24)30-17(11)33/h3-9,12-13,18-19H,1-2,21-22H2,(H,34,44)(H,35,45)(H2,23,25,26)(H3,24,29,30,33)/t6-,7-,8+,9+,12?,13?,18-,19-,42?,43?/m1/s1. The number of nitrogens with one attached hydrogen (secondary N) is 1. The van der Waals surface area contributed by atoms with Crippen LogP contribution < -0.4 is 28.5 Å². The van der Waals surface area contributed by atoms with Crippen LogP contribution in [0.1, 0.15) is 12.5 Å². The van der Waals surface area contributed by atoms with E-state index in [1.807, 2.05) is 0 Å². The number of aromatic amines is 1. The quantitative estimate of drug-likeness (QED) is 0.0936. The third kappa shape index (κ3) is 5.56. The minimum Gasteiger partial charge on any atom is -0.382 e. The van der Waals surface area contributed by atoms with Crippen molar-refractivity contribution in [1.82, 2.24) is 39.0 Å². The Hall–Kier alpha value is -2.63. The summed E-state index contributed by atoms with van der Waals surface area (Å²) in [6, 6.07) is -2.06. The minimum absolute atomic E-state index is 0.0219. The molecule has 0 saturated carbocycles. The second-order valence-corrected chi connectivity index (χ2v) is 16.0. The molecule has 10 N–H and O–H groups in total. The molecule has 0 amide bonds. The lowest BCUT2D eigenvalue weighted by molar-refractivity contribution is -0.0558. The summed E-state index contributed by atoms with van der Waals surface area (Å²) >= 11 is 9.46. The average Bonchev–Trinajstić information content (AvgIpc) is 3.72. The molecule has 0 radical (unpaired) electrons. The first-order valence-corrected chi connectivity index (χ1v) is 18.4. The Kier molecular flexibility index (Phi) is 7.76. The lowest BCUT2D eigenvalue weighted by atomic mass is 10.1. The summed E-state index contributed by atoms with van der Waals surface area (Å²) in [5.74, 6) is -0.0163. The van der Waals surface area contributed by atoms with Crippen molar-refractivity contribution in [1.29, 1.82) is 0 Å². The van der Waals surface area contributed by atoms with Gasteiger partial charge in [-0.1, -0.05) is 12.2 Å². The lowest BCUT2D eigenvalue weighted by Gasteiger charge is -2.30. The fourth-order valence-corrected chi connectivity index (χ4v) is 8.42. The molecule has 4 unspecified atom stereocenters. The first kappa shape index (κ1) is 31.0. The highest BCUT2D eigenvalue weighted by atomic mass is 32.7. The van der Waals surface area contributed by atoms with Gasteiger partial charge in [0.25, 0.3) is 5.56 Å². The number of rotatable bonds is 2. The summed E-state index contributed by atoms with van der Waals surface area (Å²) in [5, 5.41) is 0. The number of nitrogen functional groups attached to an aromatic ring is 2. The van der Waals surface area contributed by atoms with Crippen molar-refractivity contribution < 1.29 is 37.0 Å². The van der Waals surface area contributed by atoms with Crippen molar-refractivity contribution in [2.75, 3.05) is 24.7 Å². The molecule has 3 aliphatic heterocycles. The predicted molar refractivity (Wildman–Crippen MR) is 161 cm³/mol. The molecule has 21 nitrogen and oxygen atoms in total. The molecule has 0 bridgehead atoms. The van der Waals surface area contributed by atoms with Crippen LogP contribution in [-0.2, 0) is 43.9 Å². The van der Waals surface area contributed by atoms with E-state index in [2.05, 4.69) is 42.2 Å². The van der Waals surface area contributed by atoms with Crippen molar-refractivity contribution in [2.45, 2.75) is 49.0 Å². The Bertz CT molecular complexity index is 1940. The van der Waals surface area contributed by atoms with E-state index in [1.165, 1.54) is 28.1 Å². The van der Waals surface area contributed by atoms with Gasteiger partial charge in [0.15, 0.2) is 35.1 Å². The molecule has 0 spiro atoms. The van der Waals surface area contributed by atoms with Crippen LogP contribution in [0.3, 0.4) is 0 Å². The summed E-state index contributed by atoms with van der Waals surface area (Å²) in [7, 11) is 0. The maximum atomic E-state index is 13.5. The van der Waals surface area contributed by atoms with Crippen LogP contribution in [0.15, 0.2) is 23.8 Å². The number of aromatic nitrogens is 8. The number of ether oxygens (including phenoxy) is 2. The number of hydrogen-bond donors (Lipinski definition) is 7. The molecule has 0 aromatic carbocycles. The predicted octanol–water partition coefficient (Wildman–Crippen LogP) is -1.35. The number of imidazole rings is 2. The summed E-state index contributed by atoms with van der Waals surface area (Å²) < 4.78 is 51.5. The lowest BCUT2D eigenvalue weighted by Crippen LogP contribution is -2.43. The number of thiol groups is 1. The van der Waals surface area contributed by atoms with Crippen LogP contribution in [0.25, 0.3) is 22.3 Å². The fourth-order valence-electron chi connectivity index (χ4n) is 5.45. The van der Waals surface area contributed by atoms with E-state index in [9.17, 15) is 14.3 Å². The van der Waals surface area contributed by atoms with E-state index in [1.54, 1.807) is 0 Å².